The third-order valence-electron chi connectivity index (χ3n) is 10.0. The van der Waals surface area contributed by atoms with Gasteiger partial charge >= 0.3 is 0 Å². The van der Waals surface area contributed by atoms with Crippen LogP contribution >= 0.6 is 12.4 Å². The third-order valence-corrected chi connectivity index (χ3v) is 10.0. The standard InChI is InChI=1S/C30H49N3O.ClH/c1-4-30(5-2)14-12-25(13-15-30)28-21-26(33-16-6-7-27(23-33)34-3)10-11-29(28)32-19-17-31(18-20-32)22-24-8-9-24;/h10-11,21,24-25,27H,4-9,12-20,22-23H2,1-3H3;1H. The van der Waals surface area contributed by atoms with Gasteiger partial charge < -0.3 is 14.5 Å². The van der Waals surface area contributed by atoms with E-state index >= 15 is 0 Å². The van der Waals surface area contributed by atoms with E-state index in [4.69, 9.17) is 4.74 Å². The van der Waals surface area contributed by atoms with Gasteiger partial charge in [0.15, 0.2) is 0 Å². The Kier molecular flexibility index (Phi) is 9.32. The monoisotopic (exact) mass is 503 g/mol. The van der Waals surface area contributed by atoms with Crippen molar-refractivity contribution in [2.24, 2.45) is 11.3 Å². The molecule has 2 saturated heterocycles. The molecule has 4 aliphatic rings. The second-order valence-electron chi connectivity index (χ2n) is 11.9. The Morgan fingerprint density at radius 2 is 1.60 bits per heavy atom. The lowest BCUT2D eigenvalue weighted by molar-refractivity contribution is 0.0893. The fourth-order valence-electron chi connectivity index (χ4n) is 7.05. The number of methoxy groups -OCH3 is 1. The Bertz CT molecular complexity index is 791. The highest BCUT2D eigenvalue weighted by Crippen LogP contribution is 2.49. The molecular weight excluding hydrogens is 454 g/mol. The zero-order valence-electron chi connectivity index (χ0n) is 22.6. The van der Waals surface area contributed by atoms with Crippen LogP contribution in [0.4, 0.5) is 11.4 Å². The van der Waals surface area contributed by atoms with Gasteiger partial charge in [-0.2, -0.15) is 0 Å². The van der Waals surface area contributed by atoms with Crippen molar-refractivity contribution in [2.45, 2.75) is 90.1 Å². The van der Waals surface area contributed by atoms with Crippen LogP contribution in [-0.2, 0) is 4.74 Å². The predicted octanol–water partition coefficient (Wildman–Crippen LogP) is 6.72. The van der Waals surface area contributed by atoms with Crippen molar-refractivity contribution in [1.29, 1.82) is 0 Å². The van der Waals surface area contributed by atoms with E-state index in [1.165, 1.54) is 103 Å². The van der Waals surface area contributed by atoms with Crippen LogP contribution in [0, 0.1) is 11.3 Å². The Hall–Kier alpha value is -0.970. The molecule has 5 rings (SSSR count). The van der Waals surface area contributed by atoms with Crippen LogP contribution in [-0.4, -0.2) is 63.9 Å². The minimum atomic E-state index is 0. The highest BCUT2D eigenvalue weighted by molar-refractivity contribution is 5.85. The van der Waals surface area contributed by atoms with E-state index < -0.39 is 0 Å². The molecule has 4 nitrogen and oxygen atoms in total. The summed E-state index contributed by atoms with van der Waals surface area (Å²) in [6.07, 6.45) is 13.9. The number of piperidine rings is 1. The number of halogens is 1. The Labute approximate surface area is 221 Å². The lowest BCUT2D eigenvalue weighted by Crippen LogP contribution is -2.47. The SMILES string of the molecule is CCC1(CC)CCC(c2cc(N3CCCC(OC)C3)ccc2N2CCN(CC3CC3)CC2)CC1.Cl. The number of nitrogens with zero attached hydrogens (tertiary/aromatic N) is 3. The lowest BCUT2D eigenvalue weighted by Gasteiger charge is -2.42. The third kappa shape index (κ3) is 6.30. The molecule has 0 radical (unpaired) electrons. The Morgan fingerprint density at radius 3 is 2.23 bits per heavy atom. The van der Waals surface area contributed by atoms with E-state index in [1.807, 2.05) is 7.11 Å². The van der Waals surface area contributed by atoms with Crippen molar-refractivity contribution >= 4 is 23.8 Å². The molecule has 0 amide bonds. The minimum Gasteiger partial charge on any atom is -0.380 e. The molecule has 1 aromatic carbocycles. The topological polar surface area (TPSA) is 19.0 Å². The predicted molar refractivity (Wildman–Crippen MR) is 152 cm³/mol. The van der Waals surface area contributed by atoms with Crippen molar-refractivity contribution in [2.75, 3.05) is 62.7 Å². The van der Waals surface area contributed by atoms with Crippen LogP contribution in [0.25, 0.3) is 0 Å². The first-order valence-corrected chi connectivity index (χ1v) is 14.5. The molecule has 2 aliphatic carbocycles. The van der Waals surface area contributed by atoms with Crippen LogP contribution in [0.3, 0.4) is 0 Å². The summed E-state index contributed by atoms with van der Waals surface area (Å²) in [5.41, 5.74) is 5.21. The van der Waals surface area contributed by atoms with Crippen molar-refractivity contribution < 1.29 is 4.74 Å². The van der Waals surface area contributed by atoms with E-state index in [0.29, 0.717) is 17.4 Å². The number of benzene rings is 1. The number of hydrogen-bond acceptors (Lipinski definition) is 4. The van der Waals surface area contributed by atoms with Gasteiger partial charge in [-0.1, -0.05) is 26.7 Å². The first kappa shape index (κ1) is 27.1. The molecule has 1 aromatic rings. The maximum absolute atomic E-state index is 5.74. The Morgan fingerprint density at radius 1 is 0.886 bits per heavy atom. The molecule has 0 aromatic heterocycles. The van der Waals surface area contributed by atoms with Crippen LogP contribution in [0.1, 0.15) is 89.5 Å². The average Bonchev–Trinajstić information content (AvgIpc) is 3.73. The summed E-state index contributed by atoms with van der Waals surface area (Å²) in [5, 5.41) is 0. The van der Waals surface area contributed by atoms with Crippen LogP contribution in [0.2, 0.25) is 0 Å². The number of piperazine rings is 1. The van der Waals surface area contributed by atoms with Gasteiger partial charge in [0.25, 0.3) is 0 Å². The molecule has 5 heteroatoms. The first-order valence-electron chi connectivity index (χ1n) is 14.5. The summed E-state index contributed by atoms with van der Waals surface area (Å²) in [4.78, 5) is 8.03. The molecule has 0 N–H and O–H groups in total. The van der Waals surface area contributed by atoms with Crippen molar-refractivity contribution in [3.8, 4) is 0 Å². The van der Waals surface area contributed by atoms with Crippen LogP contribution in [0.5, 0.6) is 0 Å². The minimum absolute atomic E-state index is 0. The summed E-state index contributed by atoms with van der Waals surface area (Å²) in [7, 11) is 1.88. The molecule has 2 aliphatic heterocycles. The summed E-state index contributed by atoms with van der Waals surface area (Å²) in [6, 6.07) is 7.50. The smallest absolute Gasteiger partial charge is 0.0746 e. The summed E-state index contributed by atoms with van der Waals surface area (Å²) < 4.78 is 5.74. The quantitative estimate of drug-likeness (QED) is 0.392. The largest absolute Gasteiger partial charge is 0.380 e. The molecule has 198 valence electrons. The number of ether oxygens (including phenoxy) is 1. The zero-order valence-corrected chi connectivity index (χ0v) is 23.5. The highest BCUT2D eigenvalue weighted by Gasteiger charge is 2.35. The first-order chi connectivity index (χ1) is 16.6. The van der Waals surface area contributed by atoms with E-state index in [1.54, 1.807) is 11.3 Å². The molecule has 0 spiro atoms. The van der Waals surface area contributed by atoms with Gasteiger partial charge in [-0.3, -0.25) is 4.90 Å². The van der Waals surface area contributed by atoms with Gasteiger partial charge in [0.2, 0.25) is 0 Å². The van der Waals surface area contributed by atoms with Crippen molar-refractivity contribution in [1.82, 2.24) is 4.90 Å². The fraction of sp³-hybridized carbons (Fsp3) is 0.800. The molecular formula is C30H50ClN3O. The number of rotatable bonds is 8. The molecule has 1 atom stereocenters. The van der Waals surface area contributed by atoms with Gasteiger partial charge in [0.05, 0.1) is 6.10 Å². The van der Waals surface area contributed by atoms with Gasteiger partial charge in [0.1, 0.15) is 0 Å². The second-order valence-corrected chi connectivity index (χ2v) is 11.9. The van der Waals surface area contributed by atoms with Crippen molar-refractivity contribution in [3.05, 3.63) is 23.8 Å². The van der Waals surface area contributed by atoms with E-state index in [-0.39, 0.29) is 12.4 Å². The highest BCUT2D eigenvalue weighted by atomic mass is 35.5. The number of anilines is 2. The van der Waals surface area contributed by atoms with Gasteiger partial charge in [-0.25, -0.2) is 0 Å². The average molecular weight is 504 g/mol. The van der Waals surface area contributed by atoms with Gasteiger partial charge in [0, 0.05) is 64.3 Å². The molecule has 4 fully saturated rings. The summed E-state index contributed by atoms with van der Waals surface area (Å²) in [6.45, 7) is 13.2. The van der Waals surface area contributed by atoms with E-state index in [2.05, 4.69) is 46.7 Å². The summed E-state index contributed by atoms with van der Waals surface area (Å²) >= 11 is 0. The van der Waals surface area contributed by atoms with Gasteiger partial charge in [-0.15, -0.1) is 12.4 Å². The molecule has 2 saturated carbocycles. The normalized spacial score (nSPS) is 26.0. The van der Waals surface area contributed by atoms with Crippen LogP contribution in [0.15, 0.2) is 18.2 Å². The maximum atomic E-state index is 5.74. The van der Waals surface area contributed by atoms with E-state index in [9.17, 15) is 0 Å². The molecule has 1 unspecified atom stereocenters. The molecule has 35 heavy (non-hydrogen) atoms. The summed E-state index contributed by atoms with van der Waals surface area (Å²) in [5.74, 6) is 1.72. The molecule has 0 bridgehead atoms. The number of hydrogen-bond donors (Lipinski definition) is 0. The molecule has 2 heterocycles. The van der Waals surface area contributed by atoms with Crippen LogP contribution < -0.4 is 9.80 Å². The Balaban J connectivity index is 0.00000289. The lowest BCUT2D eigenvalue weighted by atomic mass is 9.66. The van der Waals surface area contributed by atoms with E-state index in [0.717, 1.165) is 19.0 Å². The second kappa shape index (κ2) is 12.0. The maximum Gasteiger partial charge on any atom is 0.0746 e. The van der Waals surface area contributed by atoms with Crippen molar-refractivity contribution in [3.63, 3.8) is 0 Å². The zero-order chi connectivity index (χ0) is 23.5. The fourth-order valence-corrected chi connectivity index (χ4v) is 7.05. The van der Waals surface area contributed by atoms with Gasteiger partial charge in [-0.05, 0) is 92.4 Å².